The summed E-state index contributed by atoms with van der Waals surface area (Å²) in [6, 6.07) is 5.21. The molecule has 0 atom stereocenters. The number of hydrogen-bond donors (Lipinski definition) is 0. The molecule has 1 amide bonds. The van der Waals surface area contributed by atoms with Gasteiger partial charge >= 0.3 is 6.18 Å². The maximum Gasteiger partial charge on any atom is 0.406 e. The Bertz CT molecular complexity index is 690. The van der Waals surface area contributed by atoms with Gasteiger partial charge in [0.15, 0.2) is 0 Å². The lowest BCUT2D eigenvalue weighted by molar-refractivity contribution is -0.160. The Morgan fingerprint density at radius 2 is 1.83 bits per heavy atom. The maximum atomic E-state index is 12.5. The molecule has 0 heterocycles. The highest BCUT2D eigenvalue weighted by Crippen LogP contribution is 2.19. The molecule has 10 heteroatoms. The van der Waals surface area contributed by atoms with Crippen molar-refractivity contribution in [2.45, 2.75) is 11.1 Å². The standard InChI is InChI=1S/C14H16ClF3N2O3S/c1-3-8-20(10-14(16,17)18)13(21)9-19(2)24(22,23)12-6-4-11(15)5-7-12/h3-7H,1,8-10H2,2H3. The van der Waals surface area contributed by atoms with E-state index in [4.69, 9.17) is 11.6 Å². The Morgan fingerprint density at radius 1 is 1.29 bits per heavy atom. The summed E-state index contributed by atoms with van der Waals surface area (Å²) in [5, 5.41) is 0.329. The quantitative estimate of drug-likeness (QED) is 0.679. The SMILES string of the molecule is C=CCN(CC(F)(F)F)C(=O)CN(C)S(=O)(=O)c1ccc(Cl)cc1. The normalized spacial score (nSPS) is 12.2. The predicted octanol–water partition coefficient (Wildman–Crippen LogP) is 2.54. The third-order valence-electron chi connectivity index (χ3n) is 2.95. The van der Waals surface area contributed by atoms with Crippen molar-refractivity contribution in [3.63, 3.8) is 0 Å². The van der Waals surface area contributed by atoms with Gasteiger partial charge in [-0.1, -0.05) is 17.7 Å². The molecule has 0 fully saturated rings. The third kappa shape index (κ3) is 5.81. The van der Waals surface area contributed by atoms with Gasteiger partial charge < -0.3 is 4.90 Å². The van der Waals surface area contributed by atoms with Crippen molar-refractivity contribution in [2.75, 3.05) is 26.7 Å². The van der Waals surface area contributed by atoms with Crippen molar-refractivity contribution in [3.8, 4) is 0 Å². The van der Waals surface area contributed by atoms with Crippen LogP contribution in [0.15, 0.2) is 41.8 Å². The molecule has 0 spiro atoms. The minimum Gasteiger partial charge on any atom is -0.329 e. The van der Waals surface area contributed by atoms with Gasteiger partial charge in [0.1, 0.15) is 6.54 Å². The van der Waals surface area contributed by atoms with Crippen LogP contribution >= 0.6 is 11.6 Å². The molecule has 0 aliphatic heterocycles. The number of carbonyl (C=O) groups is 1. The van der Waals surface area contributed by atoms with Gasteiger partial charge in [0.05, 0.1) is 11.4 Å². The Labute approximate surface area is 143 Å². The summed E-state index contributed by atoms with van der Waals surface area (Å²) in [5.74, 6) is -0.979. The van der Waals surface area contributed by atoms with Gasteiger partial charge in [-0.3, -0.25) is 4.79 Å². The van der Waals surface area contributed by atoms with E-state index in [0.29, 0.717) is 14.2 Å². The van der Waals surface area contributed by atoms with Gasteiger partial charge in [-0.25, -0.2) is 8.42 Å². The Balaban J connectivity index is 2.90. The highest BCUT2D eigenvalue weighted by Gasteiger charge is 2.33. The number of nitrogens with zero attached hydrogens (tertiary/aromatic N) is 2. The van der Waals surface area contributed by atoms with Gasteiger partial charge in [-0.2, -0.15) is 17.5 Å². The fourth-order valence-electron chi connectivity index (χ4n) is 1.79. The number of alkyl halides is 3. The second-order valence-corrected chi connectivity index (χ2v) is 7.37. The summed E-state index contributed by atoms with van der Waals surface area (Å²) in [5.41, 5.74) is 0. The maximum absolute atomic E-state index is 12.5. The smallest absolute Gasteiger partial charge is 0.329 e. The lowest BCUT2D eigenvalue weighted by atomic mass is 10.4. The van der Waals surface area contributed by atoms with Gasteiger partial charge in [0.2, 0.25) is 15.9 Å². The molecule has 1 aromatic carbocycles. The average molecular weight is 385 g/mol. The number of sulfonamides is 1. The second-order valence-electron chi connectivity index (χ2n) is 4.89. The minimum absolute atomic E-state index is 0.117. The van der Waals surface area contributed by atoms with Gasteiger partial charge in [0.25, 0.3) is 0 Å². The fourth-order valence-corrected chi connectivity index (χ4v) is 3.04. The van der Waals surface area contributed by atoms with E-state index < -0.39 is 35.2 Å². The molecule has 1 rings (SSSR count). The summed E-state index contributed by atoms with van der Waals surface area (Å²) in [6.45, 7) is 0.744. The fraction of sp³-hybridized carbons (Fsp3) is 0.357. The second kappa shape index (κ2) is 8.00. The van der Waals surface area contributed by atoms with Crippen molar-refractivity contribution in [3.05, 3.63) is 41.9 Å². The van der Waals surface area contributed by atoms with Crippen LogP contribution in [0.3, 0.4) is 0 Å². The molecular weight excluding hydrogens is 369 g/mol. The molecule has 5 nitrogen and oxygen atoms in total. The topological polar surface area (TPSA) is 57.7 Å². The van der Waals surface area contributed by atoms with E-state index in [2.05, 4.69) is 6.58 Å². The van der Waals surface area contributed by atoms with Crippen LogP contribution in [0.1, 0.15) is 0 Å². The number of hydrogen-bond acceptors (Lipinski definition) is 3. The van der Waals surface area contributed by atoms with E-state index in [1.54, 1.807) is 0 Å². The number of halogens is 4. The molecule has 1 aromatic rings. The largest absolute Gasteiger partial charge is 0.406 e. The van der Waals surface area contributed by atoms with Crippen molar-refractivity contribution in [2.24, 2.45) is 0 Å². The zero-order valence-corrected chi connectivity index (χ0v) is 14.3. The van der Waals surface area contributed by atoms with E-state index in [-0.39, 0.29) is 11.4 Å². The summed E-state index contributed by atoms with van der Waals surface area (Å²) >= 11 is 5.68. The molecule has 0 aliphatic rings. The summed E-state index contributed by atoms with van der Waals surface area (Å²) in [6.07, 6.45) is -3.45. The van der Waals surface area contributed by atoms with E-state index in [9.17, 15) is 26.4 Å². The highest BCUT2D eigenvalue weighted by molar-refractivity contribution is 7.89. The zero-order valence-electron chi connectivity index (χ0n) is 12.8. The Morgan fingerprint density at radius 3 is 2.29 bits per heavy atom. The molecule has 134 valence electrons. The molecule has 24 heavy (non-hydrogen) atoms. The van der Waals surface area contributed by atoms with E-state index in [0.717, 1.165) is 13.1 Å². The van der Waals surface area contributed by atoms with Crippen molar-refractivity contribution >= 4 is 27.5 Å². The molecule has 0 radical (unpaired) electrons. The lowest BCUT2D eigenvalue weighted by Crippen LogP contribution is -2.45. The van der Waals surface area contributed by atoms with E-state index in [1.165, 1.54) is 24.3 Å². The van der Waals surface area contributed by atoms with Crippen LogP contribution in [0.4, 0.5) is 13.2 Å². The first kappa shape index (κ1) is 20.5. The lowest BCUT2D eigenvalue weighted by Gasteiger charge is -2.25. The van der Waals surface area contributed by atoms with Crippen LogP contribution in [0, 0.1) is 0 Å². The monoisotopic (exact) mass is 384 g/mol. The molecule has 0 aromatic heterocycles. The van der Waals surface area contributed by atoms with Crippen LogP contribution in [0.25, 0.3) is 0 Å². The Kier molecular flexibility index (Phi) is 6.82. The molecule has 0 aliphatic carbocycles. The predicted molar refractivity (Wildman–Crippen MR) is 84.1 cm³/mol. The number of carbonyl (C=O) groups excluding carboxylic acids is 1. The van der Waals surface area contributed by atoms with E-state index >= 15 is 0 Å². The van der Waals surface area contributed by atoms with Gasteiger partial charge in [0, 0.05) is 18.6 Å². The first-order valence-electron chi connectivity index (χ1n) is 6.64. The molecule has 0 saturated heterocycles. The van der Waals surface area contributed by atoms with Crippen molar-refractivity contribution in [1.29, 1.82) is 0 Å². The number of benzene rings is 1. The summed E-state index contributed by atoms with van der Waals surface area (Å²) in [7, 11) is -2.91. The number of likely N-dealkylation sites (N-methyl/N-ethyl adjacent to an activating group) is 1. The molecular formula is C14H16ClF3N2O3S. The number of rotatable bonds is 7. The van der Waals surface area contributed by atoms with Crippen molar-refractivity contribution in [1.82, 2.24) is 9.21 Å². The van der Waals surface area contributed by atoms with Gasteiger partial charge in [-0.15, -0.1) is 6.58 Å². The summed E-state index contributed by atoms with van der Waals surface area (Å²) in [4.78, 5) is 12.4. The zero-order chi connectivity index (χ0) is 18.5. The third-order valence-corrected chi connectivity index (χ3v) is 5.02. The molecule has 0 saturated carbocycles. The highest BCUT2D eigenvalue weighted by atomic mass is 35.5. The van der Waals surface area contributed by atoms with E-state index in [1.807, 2.05) is 0 Å². The average Bonchev–Trinajstić information content (AvgIpc) is 2.45. The van der Waals surface area contributed by atoms with Crippen LogP contribution in [-0.2, 0) is 14.8 Å². The molecule has 0 unspecified atom stereocenters. The first-order chi connectivity index (χ1) is 11.0. The molecule has 0 N–H and O–H groups in total. The summed E-state index contributed by atoms with van der Waals surface area (Å²) < 4.78 is 62.8. The minimum atomic E-state index is -4.59. The van der Waals surface area contributed by atoms with Crippen molar-refractivity contribution < 1.29 is 26.4 Å². The van der Waals surface area contributed by atoms with Crippen LogP contribution in [0.5, 0.6) is 0 Å². The van der Waals surface area contributed by atoms with Gasteiger partial charge in [-0.05, 0) is 24.3 Å². The Hall–Kier alpha value is -1.58. The van der Waals surface area contributed by atoms with Crippen LogP contribution < -0.4 is 0 Å². The van der Waals surface area contributed by atoms with Crippen LogP contribution in [-0.4, -0.2) is 56.4 Å². The number of amides is 1. The van der Waals surface area contributed by atoms with Crippen LogP contribution in [0.2, 0.25) is 5.02 Å². The molecule has 0 bridgehead atoms. The first-order valence-corrected chi connectivity index (χ1v) is 8.46.